The molecule has 0 aromatic heterocycles. The number of benzene rings is 2. The molecule has 1 N–H and O–H groups in total. The van der Waals surface area contributed by atoms with Gasteiger partial charge in [-0.15, -0.1) is 6.42 Å². The van der Waals surface area contributed by atoms with Crippen LogP contribution in [0.5, 0.6) is 5.75 Å². The maximum absolute atomic E-state index is 6.17. The van der Waals surface area contributed by atoms with Crippen LogP contribution in [0, 0.1) is 12.3 Å². The molecule has 0 radical (unpaired) electrons. The van der Waals surface area contributed by atoms with Crippen molar-refractivity contribution in [1.82, 2.24) is 0 Å². The van der Waals surface area contributed by atoms with E-state index in [1.165, 1.54) is 0 Å². The fraction of sp³-hybridized carbons (Fsp3) is 0.125. The van der Waals surface area contributed by atoms with E-state index in [2.05, 4.69) is 27.2 Å². The average molecular weight is 351 g/mol. The van der Waals surface area contributed by atoms with E-state index >= 15 is 0 Å². The fourth-order valence-corrected chi connectivity index (χ4v) is 2.47. The average Bonchev–Trinajstić information content (AvgIpc) is 2.45. The van der Waals surface area contributed by atoms with Gasteiger partial charge in [-0.25, -0.2) is 0 Å². The summed E-state index contributed by atoms with van der Waals surface area (Å²) in [6.07, 6.45) is 5.21. The first-order valence-electron chi connectivity index (χ1n) is 6.04. The topological polar surface area (TPSA) is 21.3 Å². The molecule has 20 heavy (non-hydrogen) atoms. The number of halogens is 2. The summed E-state index contributed by atoms with van der Waals surface area (Å²) in [5.41, 5.74) is 1.91. The molecule has 0 spiro atoms. The molecule has 0 bridgehead atoms. The Bertz CT molecular complexity index is 637. The molecular formula is C16H13BrClNO. The van der Waals surface area contributed by atoms with E-state index in [1.54, 1.807) is 0 Å². The van der Waals surface area contributed by atoms with Crippen molar-refractivity contribution in [3.8, 4) is 18.1 Å². The summed E-state index contributed by atoms with van der Waals surface area (Å²) in [4.78, 5) is 0. The van der Waals surface area contributed by atoms with Crippen molar-refractivity contribution in [3.05, 3.63) is 57.5 Å². The molecular weight excluding hydrogens is 338 g/mol. The summed E-state index contributed by atoms with van der Waals surface area (Å²) >= 11 is 9.55. The van der Waals surface area contributed by atoms with Crippen LogP contribution in [0.25, 0.3) is 0 Å². The minimum absolute atomic E-state index is 0.260. The standard InChI is InChI=1S/C16H13BrClNO/c1-2-9-20-16-6-4-3-5-12(16)11-19-15-8-7-13(17)10-14(15)18/h1,3-8,10,19H,9,11H2. The second-order valence-electron chi connectivity index (χ2n) is 4.08. The first kappa shape index (κ1) is 14.8. The smallest absolute Gasteiger partial charge is 0.148 e. The quantitative estimate of drug-likeness (QED) is 0.787. The zero-order valence-electron chi connectivity index (χ0n) is 10.7. The van der Waals surface area contributed by atoms with Crippen molar-refractivity contribution in [2.45, 2.75) is 6.54 Å². The number of ether oxygens (including phenoxy) is 1. The highest BCUT2D eigenvalue weighted by Crippen LogP contribution is 2.27. The molecule has 102 valence electrons. The largest absolute Gasteiger partial charge is 0.481 e. The number of anilines is 1. The molecule has 0 aliphatic rings. The second-order valence-corrected chi connectivity index (χ2v) is 5.40. The summed E-state index contributed by atoms with van der Waals surface area (Å²) in [6.45, 7) is 0.873. The molecule has 0 saturated heterocycles. The van der Waals surface area contributed by atoms with Crippen LogP contribution in [0.15, 0.2) is 46.9 Å². The van der Waals surface area contributed by atoms with E-state index in [-0.39, 0.29) is 6.61 Å². The lowest BCUT2D eigenvalue weighted by atomic mass is 10.2. The molecule has 2 aromatic rings. The lowest BCUT2D eigenvalue weighted by Crippen LogP contribution is -2.03. The first-order valence-corrected chi connectivity index (χ1v) is 7.21. The summed E-state index contributed by atoms with van der Waals surface area (Å²) in [5, 5.41) is 3.96. The molecule has 2 aromatic carbocycles. The van der Waals surface area contributed by atoms with Gasteiger partial charge >= 0.3 is 0 Å². The third-order valence-electron chi connectivity index (χ3n) is 2.68. The number of hydrogen-bond donors (Lipinski definition) is 1. The van der Waals surface area contributed by atoms with Gasteiger partial charge in [-0.1, -0.05) is 51.7 Å². The third-order valence-corrected chi connectivity index (χ3v) is 3.49. The van der Waals surface area contributed by atoms with Gasteiger partial charge in [-0.05, 0) is 24.3 Å². The summed E-state index contributed by atoms with van der Waals surface area (Å²) < 4.78 is 6.46. The summed E-state index contributed by atoms with van der Waals surface area (Å²) in [7, 11) is 0. The van der Waals surface area contributed by atoms with Crippen molar-refractivity contribution in [1.29, 1.82) is 0 Å². The van der Waals surface area contributed by atoms with Gasteiger partial charge in [0.2, 0.25) is 0 Å². The summed E-state index contributed by atoms with van der Waals surface area (Å²) in [5.74, 6) is 3.25. The number of nitrogens with one attached hydrogen (secondary N) is 1. The Hall–Kier alpha value is -1.63. The van der Waals surface area contributed by atoms with Crippen LogP contribution in [0.3, 0.4) is 0 Å². The van der Waals surface area contributed by atoms with Crippen LogP contribution < -0.4 is 10.1 Å². The third kappa shape index (κ3) is 3.93. The number of terminal acetylenes is 1. The van der Waals surface area contributed by atoms with Crippen molar-refractivity contribution in [2.24, 2.45) is 0 Å². The zero-order valence-corrected chi connectivity index (χ0v) is 13.0. The van der Waals surface area contributed by atoms with Gasteiger partial charge in [0.1, 0.15) is 12.4 Å². The summed E-state index contributed by atoms with van der Waals surface area (Å²) in [6, 6.07) is 13.5. The highest BCUT2D eigenvalue weighted by Gasteiger charge is 2.04. The van der Waals surface area contributed by atoms with Crippen molar-refractivity contribution in [2.75, 3.05) is 11.9 Å². The van der Waals surface area contributed by atoms with E-state index < -0.39 is 0 Å². The van der Waals surface area contributed by atoms with Crippen LogP contribution >= 0.6 is 27.5 Å². The van der Waals surface area contributed by atoms with E-state index in [0.717, 1.165) is 21.5 Å². The van der Waals surface area contributed by atoms with Crippen molar-refractivity contribution in [3.63, 3.8) is 0 Å². The lowest BCUT2D eigenvalue weighted by molar-refractivity contribution is 0.366. The van der Waals surface area contributed by atoms with Gasteiger partial charge in [-0.3, -0.25) is 0 Å². The molecule has 0 aliphatic carbocycles. The maximum atomic E-state index is 6.17. The first-order chi connectivity index (χ1) is 9.70. The second kappa shape index (κ2) is 7.23. The SMILES string of the molecule is C#CCOc1ccccc1CNc1ccc(Br)cc1Cl. The predicted octanol–water partition coefficient (Wildman–Crippen LogP) is 4.73. The highest BCUT2D eigenvalue weighted by atomic mass is 79.9. The number of hydrogen-bond acceptors (Lipinski definition) is 2. The lowest BCUT2D eigenvalue weighted by Gasteiger charge is -2.12. The van der Waals surface area contributed by atoms with E-state index in [1.807, 2.05) is 42.5 Å². The van der Waals surface area contributed by atoms with Gasteiger partial charge in [0.05, 0.1) is 10.7 Å². The normalized spacial score (nSPS) is 9.85. The predicted molar refractivity (Wildman–Crippen MR) is 87.2 cm³/mol. The highest BCUT2D eigenvalue weighted by molar-refractivity contribution is 9.10. The Morgan fingerprint density at radius 1 is 1.25 bits per heavy atom. The molecule has 0 atom stereocenters. The van der Waals surface area contributed by atoms with Gasteiger partial charge < -0.3 is 10.1 Å². The number of para-hydroxylation sites is 1. The van der Waals surface area contributed by atoms with Crippen LogP contribution in [0.2, 0.25) is 5.02 Å². The molecule has 0 unspecified atom stereocenters. The molecule has 4 heteroatoms. The molecule has 2 rings (SSSR count). The maximum Gasteiger partial charge on any atom is 0.148 e. The van der Waals surface area contributed by atoms with Crippen LogP contribution in [0.1, 0.15) is 5.56 Å². The molecule has 2 nitrogen and oxygen atoms in total. The Balaban J connectivity index is 2.09. The molecule has 0 saturated carbocycles. The van der Waals surface area contributed by atoms with Gasteiger partial charge in [0.25, 0.3) is 0 Å². The Kier molecular flexibility index (Phi) is 5.34. The van der Waals surface area contributed by atoms with E-state index in [4.69, 9.17) is 22.8 Å². The van der Waals surface area contributed by atoms with E-state index in [9.17, 15) is 0 Å². The van der Waals surface area contributed by atoms with Crippen LogP contribution in [0.4, 0.5) is 5.69 Å². The van der Waals surface area contributed by atoms with Crippen LogP contribution in [-0.2, 0) is 6.54 Å². The fourth-order valence-electron chi connectivity index (χ4n) is 1.73. The van der Waals surface area contributed by atoms with E-state index in [0.29, 0.717) is 11.6 Å². The van der Waals surface area contributed by atoms with Gasteiger partial charge in [-0.2, -0.15) is 0 Å². The van der Waals surface area contributed by atoms with Crippen molar-refractivity contribution >= 4 is 33.2 Å². The molecule has 0 aliphatic heterocycles. The molecule has 0 amide bonds. The Labute approximate surface area is 132 Å². The minimum atomic E-state index is 0.260. The van der Waals surface area contributed by atoms with Gasteiger partial charge in [0.15, 0.2) is 0 Å². The van der Waals surface area contributed by atoms with Crippen molar-refractivity contribution < 1.29 is 4.74 Å². The Morgan fingerprint density at radius 3 is 2.80 bits per heavy atom. The minimum Gasteiger partial charge on any atom is -0.481 e. The monoisotopic (exact) mass is 349 g/mol. The van der Waals surface area contributed by atoms with Crippen LogP contribution in [-0.4, -0.2) is 6.61 Å². The Morgan fingerprint density at radius 2 is 2.05 bits per heavy atom. The van der Waals surface area contributed by atoms with Gasteiger partial charge in [0, 0.05) is 16.6 Å². The zero-order chi connectivity index (χ0) is 14.4. The number of rotatable bonds is 5. The molecule has 0 heterocycles. The molecule has 0 fully saturated rings.